The van der Waals surface area contributed by atoms with Gasteiger partial charge in [0.25, 0.3) is 0 Å². The SMILES string of the molecule is O=C(C(c1ccccc1)c1ccccc1)C(O)[C@@H]1CCCC[C@H]1C(O)C(=O)C(c1ccccc1)c1ccccc1. The lowest BCUT2D eigenvalue weighted by atomic mass is 9.68. The lowest BCUT2D eigenvalue weighted by Gasteiger charge is -2.38. The van der Waals surface area contributed by atoms with Crippen molar-refractivity contribution in [1.29, 1.82) is 0 Å². The molecule has 4 heteroatoms. The van der Waals surface area contributed by atoms with Crippen molar-refractivity contribution in [2.75, 3.05) is 0 Å². The van der Waals surface area contributed by atoms with E-state index in [1.54, 1.807) is 0 Å². The molecule has 2 N–H and O–H groups in total. The first-order valence-corrected chi connectivity index (χ1v) is 14.2. The van der Waals surface area contributed by atoms with Crippen LogP contribution in [0, 0.1) is 11.8 Å². The van der Waals surface area contributed by atoms with Gasteiger partial charge in [0.1, 0.15) is 12.2 Å². The third-order valence-corrected chi connectivity index (χ3v) is 8.37. The number of carbonyl (C=O) groups is 2. The first kappa shape index (κ1) is 27.7. The van der Waals surface area contributed by atoms with Crippen LogP contribution in [0.1, 0.15) is 59.8 Å². The number of carbonyl (C=O) groups excluding carboxylic acids is 2. The molecule has 4 aromatic carbocycles. The van der Waals surface area contributed by atoms with Crippen LogP contribution in [-0.2, 0) is 9.59 Å². The minimum absolute atomic E-state index is 0.295. The van der Waals surface area contributed by atoms with Crippen LogP contribution in [0.4, 0.5) is 0 Å². The van der Waals surface area contributed by atoms with E-state index in [4.69, 9.17) is 0 Å². The Hall–Kier alpha value is -3.86. The number of aliphatic hydroxyl groups excluding tert-OH is 2. The fourth-order valence-electron chi connectivity index (χ4n) is 6.36. The van der Waals surface area contributed by atoms with Crippen molar-refractivity contribution >= 4 is 11.6 Å². The summed E-state index contributed by atoms with van der Waals surface area (Å²) < 4.78 is 0. The average molecular weight is 533 g/mol. The highest BCUT2D eigenvalue weighted by molar-refractivity contribution is 5.94. The number of Topliss-reactive ketones (excluding diaryl/α,β-unsaturated/α-hetero) is 2. The van der Waals surface area contributed by atoms with Gasteiger partial charge in [0.05, 0.1) is 11.8 Å². The Morgan fingerprint density at radius 2 is 0.725 bits per heavy atom. The molecule has 4 nitrogen and oxygen atoms in total. The maximum Gasteiger partial charge on any atom is 0.173 e. The van der Waals surface area contributed by atoms with Crippen molar-refractivity contribution in [3.05, 3.63) is 144 Å². The second kappa shape index (κ2) is 13.0. The molecule has 4 atom stereocenters. The van der Waals surface area contributed by atoms with Crippen molar-refractivity contribution < 1.29 is 19.8 Å². The molecule has 0 amide bonds. The molecule has 0 heterocycles. The highest BCUT2D eigenvalue weighted by Crippen LogP contribution is 2.40. The van der Waals surface area contributed by atoms with E-state index in [-0.39, 0.29) is 11.6 Å². The summed E-state index contributed by atoms with van der Waals surface area (Å²) >= 11 is 0. The Kier molecular flexibility index (Phi) is 9.00. The van der Waals surface area contributed by atoms with Crippen LogP contribution >= 0.6 is 0 Å². The molecule has 0 aromatic heterocycles. The van der Waals surface area contributed by atoms with Crippen molar-refractivity contribution in [3.63, 3.8) is 0 Å². The van der Waals surface area contributed by atoms with Gasteiger partial charge >= 0.3 is 0 Å². The maximum absolute atomic E-state index is 14.0. The Morgan fingerprint density at radius 3 is 0.975 bits per heavy atom. The number of hydrogen-bond acceptors (Lipinski definition) is 4. The third kappa shape index (κ3) is 5.99. The smallest absolute Gasteiger partial charge is 0.173 e. The van der Waals surface area contributed by atoms with Crippen LogP contribution in [0.3, 0.4) is 0 Å². The van der Waals surface area contributed by atoms with Crippen LogP contribution in [0.25, 0.3) is 0 Å². The van der Waals surface area contributed by atoms with E-state index in [0.29, 0.717) is 12.8 Å². The number of hydrogen-bond donors (Lipinski definition) is 2. The van der Waals surface area contributed by atoms with Gasteiger partial charge in [0.2, 0.25) is 0 Å². The van der Waals surface area contributed by atoms with Gasteiger partial charge in [0.15, 0.2) is 11.6 Å². The van der Waals surface area contributed by atoms with Crippen LogP contribution in [0.2, 0.25) is 0 Å². The molecule has 1 aliphatic rings. The molecule has 1 saturated carbocycles. The summed E-state index contributed by atoms with van der Waals surface area (Å²) in [6.07, 6.45) is 0.248. The Labute approximate surface area is 236 Å². The molecule has 40 heavy (non-hydrogen) atoms. The summed E-state index contributed by atoms with van der Waals surface area (Å²) in [6.45, 7) is 0. The van der Waals surface area contributed by atoms with E-state index in [2.05, 4.69) is 0 Å². The fraction of sp³-hybridized carbons (Fsp3) is 0.278. The zero-order valence-electron chi connectivity index (χ0n) is 22.6. The highest BCUT2D eigenvalue weighted by atomic mass is 16.3. The Morgan fingerprint density at radius 1 is 0.475 bits per heavy atom. The molecule has 0 bridgehead atoms. The second-order valence-electron chi connectivity index (χ2n) is 10.8. The number of rotatable bonds is 10. The van der Waals surface area contributed by atoms with Crippen LogP contribution in [0.15, 0.2) is 121 Å². The van der Waals surface area contributed by atoms with Gasteiger partial charge in [-0.1, -0.05) is 134 Å². The van der Waals surface area contributed by atoms with Gasteiger partial charge in [-0.25, -0.2) is 0 Å². The highest BCUT2D eigenvalue weighted by Gasteiger charge is 2.44. The Balaban J connectivity index is 1.44. The molecular weight excluding hydrogens is 496 g/mol. The summed E-state index contributed by atoms with van der Waals surface area (Å²) in [6, 6.07) is 38.0. The molecule has 2 unspecified atom stereocenters. The van der Waals surface area contributed by atoms with Crippen LogP contribution in [-0.4, -0.2) is 34.0 Å². The summed E-state index contributed by atoms with van der Waals surface area (Å²) in [4.78, 5) is 28.1. The molecule has 1 aliphatic carbocycles. The molecule has 4 aromatic rings. The van der Waals surface area contributed by atoms with Gasteiger partial charge in [-0.3, -0.25) is 9.59 Å². The molecule has 204 valence electrons. The van der Waals surface area contributed by atoms with E-state index < -0.39 is 35.9 Å². The van der Waals surface area contributed by atoms with Gasteiger partial charge in [0, 0.05) is 0 Å². The zero-order valence-corrected chi connectivity index (χ0v) is 22.6. The van der Waals surface area contributed by atoms with E-state index in [0.717, 1.165) is 35.1 Å². The minimum Gasteiger partial charge on any atom is -0.385 e. The summed E-state index contributed by atoms with van der Waals surface area (Å²) in [5.41, 5.74) is 3.26. The van der Waals surface area contributed by atoms with Crippen LogP contribution in [0.5, 0.6) is 0 Å². The van der Waals surface area contributed by atoms with E-state index >= 15 is 0 Å². The number of aliphatic hydroxyl groups is 2. The first-order valence-electron chi connectivity index (χ1n) is 14.2. The predicted octanol–water partition coefficient (Wildman–Crippen LogP) is 6.32. The quantitative estimate of drug-likeness (QED) is 0.251. The Bertz CT molecular complexity index is 1180. The maximum atomic E-state index is 14.0. The number of benzene rings is 4. The average Bonchev–Trinajstić information content (AvgIpc) is 3.02. The van der Waals surface area contributed by atoms with E-state index in [1.807, 2.05) is 121 Å². The molecular formula is C36H36O4. The van der Waals surface area contributed by atoms with Crippen molar-refractivity contribution in [1.82, 2.24) is 0 Å². The summed E-state index contributed by atoms with van der Waals surface area (Å²) in [7, 11) is 0. The van der Waals surface area contributed by atoms with E-state index in [9.17, 15) is 19.8 Å². The lowest BCUT2D eigenvalue weighted by molar-refractivity contribution is -0.140. The molecule has 0 saturated heterocycles. The van der Waals surface area contributed by atoms with Crippen LogP contribution < -0.4 is 0 Å². The van der Waals surface area contributed by atoms with Gasteiger partial charge in [-0.2, -0.15) is 0 Å². The molecule has 0 radical (unpaired) electrons. The summed E-state index contributed by atoms with van der Waals surface area (Å²) in [5, 5.41) is 23.3. The van der Waals surface area contributed by atoms with Gasteiger partial charge in [-0.05, 0) is 46.9 Å². The molecule has 0 spiro atoms. The van der Waals surface area contributed by atoms with Crippen molar-refractivity contribution in [2.24, 2.45) is 11.8 Å². The largest absolute Gasteiger partial charge is 0.385 e. The molecule has 1 fully saturated rings. The first-order chi connectivity index (χ1) is 19.6. The standard InChI is InChI=1S/C36H36O4/c37-33(35(39)31(25-15-5-1-6-16-25)26-17-7-2-8-18-26)29-23-13-14-24-30(29)34(38)36(40)32(27-19-9-3-10-20-27)28-21-11-4-12-22-28/h1-12,15-22,29-34,37-38H,13-14,23-24H2/t29-,30-,33?,34?/m1/s1. The number of ketones is 2. The predicted molar refractivity (Wildman–Crippen MR) is 157 cm³/mol. The van der Waals surface area contributed by atoms with E-state index in [1.165, 1.54) is 0 Å². The van der Waals surface area contributed by atoms with Gasteiger partial charge < -0.3 is 10.2 Å². The summed E-state index contributed by atoms with van der Waals surface area (Å²) in [5.74, 6) is -2.87. The fourth-order valence-corrected chi connectivity index (χ4v) is 6.36. The van der Waals surface area contributed by atoms with Gasteiger partial charge in [-0.15, -0.1) is 0 Å². The second-order valence-corrected chi connectivity index (χ2v) is 10.8. The molecule has 5 rings (SSSR count). The topological polar surface area (TPSA) is 74.6 Å². The monoisotopic (exact) mass is 532 g/mol. The lowest BCUT2D eigenvalue weighted by Crippen LogP contribution is -2.46. The van der Waals surface area contributed by atoms with Crippen molar-refractivity contribution in [2.45, 2.75) is 49.7 Å². The van der Waals surface area contributed by atoms with Crippen molar-refractivity contribution in [3.8, 4) is 0 Å². The molecule has 0 aliphatic heterocycles. The minimum atomic E-state index is -1.30. The normalized spacial score (nSPS) is 18.8. The third-order valence-electron chi connectivity index (χ3n) is 8.37. The zero-order chi connectivity index (χ0) is 27.9.